The second-order valence-electron chi connectivity index (χ2n) is 4.40. The quantitative estimate of drug-likeness (QED) is 0.671. The van der Waals surface area contributed by atoms with Gasteiger partial charge in [0, 0.05) is 29.8 Å². The molecule has 0 radical (unpaired) electrons. The minimum atomic E-state index is 0.0790. The summed E-state index contributed by atoms with van der Waals surface area (Å²) in [5.74, 6) is 0.0790. The molecule has 0 aliphatic heterocycles. The first-order valence-corrected chi connectivity index (χ1v) is 7.77. The third-order valence-electron chi connectivity index (χ3n) is 2.88. The fourth-order valence-electron chi connectivity index (χ4n) is 1.94. The molecule has 0 saturated heterocycles. The number of aromatic nitrogens is 2. The molecule has 3 aromatic heterocycles. The summed E-state index contributed by atoms with van der Waals surface area (Å²) in [5, 5.41) is 0.910. The number of thiophene rings is 1. The average Bonchev–Trinajstić information content (AvgIpc) is 3.06. The van der Waals surface area contributed by atoms with E-state index in [9.17, 15) is 4.79 Å². The Morgan fingerprint density at radius 3 is 2.60 bits per heavy atom. The highest BCUT2D eigenvalue weighted by Crippen LogP contribution is 2.36. The van der Waals surface area contributed by atoms with E-state index >= 15 is 0 Å². The molecule has 0 spiro atoms. The Morgan fingerprint density at radius 2 is 1.95 bits per heavy atom. The molecule has 0 N–H and O–H groups in total. The predicted octanol–water partition coefficient (Wildman–Crippen LogP) is 4.44. The van der Waals surface area contributed by atoms with Gasteiger partial charge >= 0.3 is 0 Å². The third-order valence-corrected chi connectivity index (χ3v) is 5.44. The van der Waals surface area contributed by atoms with Gasteiger partial charge in [-0.1, -0.05) is 6.07 Å². The van der Waals surface area contributed by atoms with Crippen molar-refractivity contribution in [1.82, 2.24) is 9.97 Å². The van der Waals surface area contributed by atoms with Crippen molar-refractivity contribution < 1.29 is 4.79 Å². The Labute approximate surface area is 125 Å². The monoisotopic (exact) mass is 300 g/mol. The van der Waals surface area contributed by atoms with Crippen LogP contribution in [0.15, 0.2) is 36.7 Å². The molecule has 3 heterocycles. The van der Waals surface area contributed by atoms with Crippen molar-refractivity contribution in [3.8, 4) is 20.3 Å². The zero-order valence-corrected chi connectivity index (χ0v) is 12.7. The van der Waals surface area contributed by atoms with Gasteiger partial charge in [0.2, 0.25) is 0 Å². The van der Waals surface area contributed by atoms with Crippen molar-refractivity contribution in [3.05, 3.63) is 47.2 Å². The van der Waals surface area contributed by atoms with Gasteiger partial charge in [-0.2, -0.15) is 0 Å². The first-order chi connectivity index (χ1) is 9.65. The van der Waals surface area contributed by atoms with E-state index in [1.54, 1.807) is 24.5 Å². The number of nitrogens with zero attached hydrogens (tertiary/aromatic N) is 2. The van der Waals surface area contributed by atoms with Gasteiger partial charge < -0.3 is 0 Å². The molecular formula is C15H12N2OS2. The van der Waals surface area contributed by atoms with Crippen LogP contribution in [0, 0.1) is 6.92 Å². The fraction of sp³-hybridized carbons (Fsp3) is 0.133. The molecule has 3 aromatic rings. The van der Waals surface area contributed by atoms with E-state index in [-0.39, 0.29) is 5.78 Å². The molecule has 0 aliphatic carbocycles. The topological polar surface area (TPSA) is 42.9 Å². The number of ketones is 1. The average molecular weight is 300 g/mol. The zero-order chi connectivity index (χ0) is 14.1. The number of pyridine rings is 1. The molecule has 100 valence electrons. The lowest BCUT2D eigenvalue weighted by atomic mass is 10.2. The predicted molar refractivity (Wildman–Crippen MR) is 83.4 cm³/mol. The number of carbonyl (C=O) groups excluding carboxylic acids is 1. The van der Waals surface area contributed by atoms with Crippen LogP contribution in [0.2, 0.25) is 0 Å². The summed E-state index contributed by atoms with van der Waals surface area (Å²) in [7, 11) is 0. The first kappa shape index (κ1) is 13.1. The van der Waals surface area contributed by atoms with E-state index < -0.39 is 0 Å². The van der Waals surface area contributed by atoms with Crippen LogP contribution in [0.1, 0.15) is 22.3 Å². The second kappa shape index (κ2) is 5.26. The molecule has 0 bridgehead atoms. The van der Waals surface area contributed by atoms with Crippen LogP contribution in [0.25, 0.3) is 20.3 Å². The van der Waals surface area contributed by atoms with Crippen molar-refractivity contribution in [2.45, 2.75) is 13.8 Å². The molecule has 0 fully saturated rings. The van der Waals surface area contributed by atoms with E-state index in [4.69, 9.17) is 0 Å². The van der Waals surface area contributed by atoms with Crippen LogP contribution < -0.4 is 0 Å². The number of hydrogen-bond donors (Lipinski definition) is 0. The van der Waals surface area contributed by atoms with Crippen molar-refractivity contribution in [1.29, 1.82) is 0 Å². The number of hydrogen-bond acceptors (Lipinski definition) is 5. The number of rotatable bonds is 3. The van der Waals surface area contributed by atoms with Gasteiger partial charge in [0.15, 0.2) is 5.78 Å². The maximum atomic E-state index is 11.5. The minimum absolute atomic E-state index is 0.0790. The normalized spacial score (nSPS) is 10.7. The Balaban J connectivity index is 1.98. The SMILES string of the molecule is CC(=O)c1sc(-c2ccc(-c3cccnc3)s2)nc1C. The Morgan fingerprint density at radius 1 is 1.15 bits per heavy atom. The lowest BCUT2D eigenvalue weighted by Crippen LogP contribution is -1.89. The van der Waals surface area contributed by atoms with E-state index in [2.05, 4.69) is 22.1 Å². The van der Waals surface area contributed by atoms with Gasteiger partial charge in [0.1, 0.15) is 5.01 Å². The van der Waals surface area contributed by atoms with E-state index in [0.29, 0.717) is 0 Å². The largest absolute Gasteiger partial charge is 0.294 e. The molecule has 0 atom stereocenters. The number of carbonyl (C=O) groups is 1. The van der Waals surface area contributed by atoms with Crippen LogP contribution in [-0.2, 0) is 0 Å². The van der Waals surface area contributed by atoms with Gasteiger partial charge in [0.05, 0.1) is 15.4 Å². The first-order valence-electron chi connectivity index (χ1n) is 6.14. The maximum absolute atomic E-state index is 11.5. The smallest absolute Gasteiger partial charge is 0.171 e. The van der Waals surface area contributed by atoms with Gasteiger partial charge in [0.25, 0.3) is 0 Å². The summed E-state index contributed by atoms with van der Waals surface area (Å²) in [4.78, 5) is 23.1. The molecule has 3 nitrogen and oxygen atoms in total. The molecule has 0 aliphatic rings. The van der Waals surface area contributed by atoms with Gasteiger partial charge in [-0.25, -0.2) is 4.98 Å². The summed E-state index contributed by atoms with van der Waals surface area (Å²) in [5.41, 5.74) is 1.91. The summed E-state index contributed by atoms with van der Waals surface area (Å²) in [6.07, 6.45) is 3.62. The Bertz CT molecular complexity index is 759. The molecule has 3 rings (SSSR count). The van der Waals surface area contributed by atoms with Crippen molar-refractivity contribution >= 4 is 28.5 Å². The highest BCUT2D eigenvalue weighted by molar-refractivity contribution is 7.24. The van der Waals surface area contributed by atoms with E-state index in [1.807, 2.05) is 25.3 Å². The van der Waals surface area contributed by atoms with Crippen LogP contribution in [-0.4, -0.2) is 15.8 Å². The standard InChI is InChI=1S/C15H12N2OS2/c1-9-14(10(2)18)20-15(17-9)13-6-5-12(19-13)11-4-3-7-16-8-11/h3-8H,1-2H3. The zero-order valence-electron chi connectivity index (χ0n) is 11.1. The van der Waals surface area contributed by atoms with Crippen molar-refractivity contribution in [2.24, 2.45) is 0 Å². The number of aryl methyl sites for hydroxylation is 1. The summed E-state index contributed by atoms with van der Waals surface area (Å²) >= 11 is 3.13. The lowest BCUT2D eigenvalue weighted by molar-refractivity contribution is 0.102. The molecule has 0 aromatic carbocycles. The lowest BCUT2D eigenvalue weighted by Gasteiger charge is -1.93. The van der Waals surface area contributed by atoms with Crippen molar-refractivity contribution in [2.75, 3.05) is 0 Å². The van der Waals surface area contributed by atoms with Gasteiger partial charge in [-0.05, 0) is 25.1 Å². The highest BCUT2D eigenvalue weighted by Gasteiger charge is 2.14. The summed E-state index contributed by atoms with van der Waals surface area (Å²) < 4.78 is 0. The highest BCUT2D eigenvalue weighted by atomic mass is 32.1. The minimum Gasteiger partial charge on any atom is -0.294 e. The summed E-state index contributed by atoms with van der Waals surface area (Å²) in [6.45, 7) is 3.46. The van der Waals surface area contributed by atoms with E-state index in [1.165, 1.54) is 11.3 Å². The third kappa shape index (κ3) is 2.42. The second-order valence-corrected chi connectivity index (χ2v) is 6.48. The van der Waals surface area contributed by atoms with Crippen LogP contribution in [0.4, 0.5) is 0 Å². The molecule has 5 heteroatoms. The van der Waals surface area contributed by atoms with Crippen LogP contribution in [0.5, 0.6) is 0 Å². The van der Waals surface area contributed by atoms with Crippen LogP contribution >= 0.6 is 22.7 Å². The van der Waals surface area contributed by atoms with Crippen LogP contribution in [0.3, 0.4) is 0 Å². The molecule has 0 saturated carbocycles. The molecule has 20 heavy (non-hydrogen) atoms. The van der Waals surface area contributed by atoms with E-state index in [0.717, 1.165) is 30.9 Å². The van der Waals surface area contributed by atoms with Crippen molar-refractivity contribution in [3.63, 3.8) is 0 Å². The molecular weight excluding hydrogens is 288 g/mol. The fourth-order valence-corrected chi connectivity index (χ4v) is 3.96. The van der Waals surface area contributed by atoms with Gasteiger partial charge in [-0.15, -0.1) is 22.7 Å². The summed E-state index contributed by atoms with van der Waals surface area (Å²) in [6, 6.07) is 8.09. The maximum Gasteiger partial charge on any atom is 0.171 e. The Kier molecular flexibility index (Phi) is 3.46. The number of thiazole rings is 1. The number of Topliss-reactive ketones (excluding diaryl/α,β-unsaturated/α-hetero) is 1. The molecule has 0 unspecified atom stereocenters. The Hall–Kier alpha value is -1.85. The molecule has 0 amide bonds. The van der Waals surface area contributed by atoms with Gasteiger partial charge in [-0.3, -0.25) is 9.78 Å².